The summed E-state index contributed by atoms with van der Waals surface area (Å²) in [5.74, 6) is 0.808. The van der Waals surface area contributed by atoms with Gasteiger partial charge in [-0.2, -0.15) is 4.37 Å². The van der Waals surface area contributed by atoms with E-state index in [-0.39, 0.29) is 5.84 Å². The van der Waals surface area contributed by atoms with Gasteiger partial charge in [-0.15, -0.1) is 0 Å². The summed E-state index contributed by atoms with van der Waals surface area (Å²) < 4.78 is 4.95. The third kappa shape index (κ3) is 3.01. The molecule has 7 heteroatoms. The number of nitrogens with two attached hydrogens (primary N) is 1. The Morgan fingerprint density at radius 3 is 2.71 bits per heavy atom. The Labute approximate surface area is 107 Å². The zero-order valence-electron chi connectivity index (χ0n) is 9.39. The molecule has 2 aromatic heterocycles. The van der Waals surface area contributed by atoms with Crippen LogP contribution in [0.5, 0.6) is 0 Å². The van der Waals surface area contributed by atoms with Gasteiger partial charge in [0, 0.05) is 11.3 Å². The second-order valence-electron chi connectivity index (χ2n) is 3.46. The molecule has 0 saturated carbocycles. The van der Waals surface area contributed by atoms with Crippen LogP contribution >= 0.6 is 23.3 Å². The molecule has 0 fully saturated rings. The fraction of sp³-hybridized carbons (Fsp3) is 0.200. The van der Waals surface area contributed by atoms with Crippen molar-refractivity contribution in [2.75, 3.05) is 0 Å². The molecule has 17 heavy (non-hydrogen) atoms. The Hall–Kier alpha value is -1.47. The van der Waals surface area contributed by atoms with Crippen molar-refractivity contribution in [3.8, 4) is 0 Å². The maximum absolute atomic E-state index is 7.43. The molecule has 0 aliphatic carbocycles. The molecule has 5 nitrogen and oxygen atoms in total. The number of pyridine rings is 1. The lowest BCUT2D eigenvalue weighted by Gasteiger charge is -2.03. The Morgan fingerprint density at radius 2 is 2.12 bits per heavy atom. The lowest BCUT2D eigenvalue weighted by molar-refractivity contribution is 1.05. The van der Waals surface area contributed by atoms with Crippen molar-refractivity contribution in [1.82, 2.24) is 14.3 Å². The lowest BCUT2D eigenvalue weighted by atomic mass is 10.2. The first-order valence-corrected chi connectivity index (χ1v) is 6.45. The van der Waals surface area contributed by atoms with Gasteiger partial charge in [-0.05, 0) is 49.3 Å². The minimum absolute atomic E-state index is 0.0470. The summed E-state index contributed by atoms with van der Waals surface area (Å²) in [6.07, 6.45) is 0. The second kappa shape index (κ2) is 4.80. The number of hydrogen-bond acceptors (Lipinski definition) is 6. The normalized spacial score (nSPS) is 10.5. The minimum atomic E-state index is 0.0470. The van der Waals surface area contributed by atoms with Gasteiger partial charge in [-0.1, -0.05) is 0 Å². The predicted molar refractivity (Wildman–Crippen MR) is 68.8 cm³/mol. The van der Waals surface area contributed by atoms with E-state index in [2.05, 4.69) is 14.3 Å². The van der Waals surface area contributed by atoms with Crippen LogP contribution in [-0.2, 0) is 0 Å². The number of hydrogen-bond donors (Lipinski definition) is 2. The summed E-state index contributed by atoms with van der Waals surface area (Å²) in [4.78, 5) is 8.63. The van der Waals surface area contributed by atoms with Gasteiger partial charge in [0.25, 0.3) is 0 Å². The molecule has 88 valence electrons. The molecule has 0 unspecified atom stereocenters. The fourth-order valence-electron chi connectivity index (χ4n) is 1.25. The van der Waals surface area contributed by atoms with E-state index in [0.717, 1.165) is 20.9 Å². The molecular weight excluding hydrogens is 254 g/mol. The van der Waals surface area contributed by atoms with Crippen LogP contribution in [0.4, 0.5) is 0 Å². The van der Waals surface area contributed by atoms with Gasteiger partial charge in [0.05, 0.1) is 0 Å². The van der Waals surface area contributed by atoms with Gasteiger partial charge in [0.1, 0.15) is 16.7 Å². The quantitative estimate of drug-likeness (QED) is 0.654. The average Bonchev–Trinajstić information content (AvgIpc) is 2.63. The summed E-state index contributed by atoms with van der Waals surface area (Å²) in [5.41, 5.74) is 6.99. The van der Waals surface area contributed by atoms with E-state index >= 15 is 0 Å². The molecule has 0 spiro atoms. The highest BCUT2D eigenvalue weighted by Gasteiger charge is 2.07. The largest absolute Gasteiger partial charge is 0.384 e. The van der Waals surface area contributed by atoms with Crippen LogP contribution < -0.4 is 5.73 Å². The SMILES string of the molecule is Cc1cc(C(=N)N)cc(Sc2nc(C)ns2)n1. The first-order chi connectivity index (χ1) is 8.04. The van der Waals surface area contributed by atoms with Gasteiger partial charge >= 0.3 is 0 Å². The number of aryl methyl sites for hydroxylation is 2. The van der Waals surface area contributed by atoms with Crippen molar-refractivity contribution in [1.29, 1.82) is 5.41 Å². The molecule has 2 aromatic rings. The van der Waals surface area contributed by atoms with Gasteiger partial charge in [0.15, 0.2) is 4.34 Å². The molecule has 0 amide bonds. The molecule has 3 N–H and O–H groups in total. The summed E-state index contributed by atoms with van der Waals surface area (Å²) in [6.45, 7) is 3.73. The molecule has 2 heterocycles. The highest BCUT2D eigenvalue weighted by Crippen LogP contribution is 2.28. The summed E-state index contributed by atoms with van der Waals surface area (Å²) in [6, 6.07) is 3.58. The molecule has 2 rings (SSSR count). The van der Waals surface area contributed by atoms with E-state index in [1.54, 1.807) is 12.1 Å². The van der Waals surface area contributed by atoms with E-state index in [4.69, 9.17) is 11.1 Å². The van der Waals surface area contributed by atoms with Crippen LogP contribution in [0, 0.1) is 19.3 Å². The smallest absolute Gasteiger partial charge is 0.176 e. The predicted octanol–water partition coefficient (Wildman–Crippen LogP) is 1.99. The summed E-state index contributed by atoms with van der Waals surface area (Å²) >= 11 is 2.78. The Balaban J connectivity index is 2.29. The van der Waals surface area contributed by atoms with E-state index in [0.29, 0.717) is 5.56 Å². The van der Waals surface area contributed by atoms with Crippen LogP contribution in [0.25, 0.3) is 0 Å². The van der Waals surface area contributed by atoms with Gasteiger partial charge in [0.2, 0.25) is 0 Å². The number of nitrogen functional groups attached to an aromatic ring is 1. The third-order valence-electron chi connectivity index (χ3n) is 1.94. The zero-order valence-corrected chi connectivity index (χ0v) is 11.0. The Bertz CT molecular complexity index is 564. The number of rotatable bonds is 3. The summed E-state index contributed by atoms with van der Waals surface area (Å²) in [7, 11) is 0. The molecule has 0 saturated heterocycles. The average molecular weight is 265 g/mol. The molecule has 0 aliphatic rings. The van der Waals surface area contributed by atoms with Gasteiger partial charge < -0.3 is 5.73 Å². The van der Waals surface area contributed by atoms with Crippen LogP contribution in [0.3, 0.4) is 0 Å². The van der Waals surface area contributed by atoms with Crippen LogP contribution in [0.1, 0.15) is 17.1 Å². The first-order valence-electron chi connectivity index (χ1n) is 4.86. The third-order valence-corrected chi connectivity index (χ3v) is 3.70. The molecule has 0 bridgehead atoms. The van der Waals surface area contributed by atoms with Crippen LogP contribution in [0.2, 0.25) is 0 Å². The molecule has 0 aliphatic heterocycles. The molecular formula is C10H11N5S2. The standard InChI is InChI=1S/C10H11N5S2/c1-5-3-7(9(11)12)4-8(13-5)16-10-14-6(2)15-17-10/h3-4H,1-2H3,(H3,11,12). The Morgan fingerprint density at radius 1 is 1.35 bits per heavy atom. The number of nitrogens with zero attached hydrogens (tertiary/aromatic N) is 3. The molecule has 0 radical (unpaired) electrons. The highest BCUT2D eigenvalue weighted by molar-refractivity contribution is 8.00. The maximum Gasteiger partial charge on any atom is 0.176 e. The highest BCUT2D eigenvalue weighted by atomic mass is 32.2. The van der Waals surface area contributed by atoms with Crippen LogP contribution in [-0.4, -0.2) is 20.2 Å². The van der Waals surface area contributed by atoms with Gasteiger partial charge in [-0.25, -0.2) is 9.97 Å². The van der Waals surface area contributed by atoms with E-state index < -0.39 is 0 Å². The van der Waals surface area contributed by atoms with Crippen molar-refractivity contribution in [2.24, 2.45) is 5.73 Å². The van der Waals surface area contributed by atoms with Crippen molar-refractivity contribution < 1.29 is 0 Å². The number of amidine groups is 1. The topological polar surface area (TPSA) is 88.5 Å². The zero-order chi connectivity index (χ0) is 12.4. The van der Waals surface area contributed by atoms with Crippen molar-refractivity contribution >= 4 is 29.1 Å². The van der Waals surface area contributed by atoms with E-state index in [9.17, 15) is 0 Å². The fourth-order valence-corrected chi connectivity index (χ4v) is 2.93. The maximum atomic E-state index is 7.43. The van der Waals surface area contributed by atoms with Crippen molar-refractivity contribution in [3.63, 3.8) is 0 Å². The van der Waals surface area contributed by atoms with Crippen molar-refractivity contribution in [2.45, 2.75) is 23.2 Å². The van der Waals surface area contributed by atoms with Crippen LogP contribution in [0.15, 0.2) is 21.5 Å². The monoisotopic (exact) mass is 265 g/mol. The molecule has 0 atom stereocenters. The minimum Gasteiger partial charge on any atom is -0.384 e. The van der Waals surface area contributed by atoms with E-state index in [1.165, 1.54) is 23.3 Å². The van der Waals surface area contributed by atoms with E-state index in [1.807, 2.05) is 13.8 Å². The number of aromatic nitrogens is 3. The molecule has 0 aromatic carbocycles. The first kappa shape index (κ1) is 12.0. The Kier molecular flexibility index (Phi) is 3.39. The lowest BCUT2D eigenvalue weighted by Crippen LogP contribution is -2.11. The van der Waals surface area contributed by atoms with Gasteiger partial charge in [-0.3, -0.25) is 5.41 Å². The summed E-state index contributed by atoms with van der Waals surface area (Å²) in [5, 5.41) is 8.21. The van der Waals surface area contributed by atoms with Crippen molar-refractivity contribution in [3.05, 3.63) is 29.2 Å². The number of nitrogens with one attached hydrogen (secondary N) is 1. The second-order valence-corrected chi connectivity index (χ2v) is 5.48.